The van der Waals surface area contributed by atoms with Crippen molar-refractivity contribution in [2.75, 3.05) is 6.61 Å². The van der Waals surface area contributed by atoms with Gasteiger partial charge in [0.25, 0.3) is 5.91 Å². The third-order valence-electron chi connectivity index (χ3n) is 6.80. The predicted molar refractivity (Wildman–Crippen MR) is 147 cm³/mol. The van der Waals surface area contributed by atoms with Crippen molar-refractivity contribution in [1.82, 2.24) is 9.80 Å². The number of hydrogen-bond donors (Lipinski definition) is 0. The van der Waals surface area contributed by atoms with Gasteiger partial charge in [-0.3, -0.25) is 9.69 Å². The van der Waals surface area contributed by atoms with E-state index in [-0.39, 0.29) is 24.8 Å². The fourth-order valence-corrected chi connectivity index (χ4v) is 5.17. The van der Waals surface area contributed by atoms with Gasteiger partial charge < -0.3 is 14.2 Å². The first-order valence-electron chi connectivity index (χ1n) is 13.4. The van der Waals surface area contributed by atoms with Crippen LogP contribution in [0, 0.1) is 0 Å². The van der Waals surface area contributed by atoms with Gasteiger partial charge in [0, 0.05) is 0 Å². The zero-order chi connectivity index (χ0) is 28.2. The molecule has 2 aliphatic heterocycles. The highest BCUT2D eigenvalue weighted by Gasteiger charge is 2.50. The minimum Gasteiger partial charge on any atom is -0.447 e. The van der Waals surface area contributed by atoms with Gasteiger partial charge in [0.1, 0.15) is 17.9 Å². The zero-order valence-electron chi connectivity index (χ0n) is 23.3. The van der Waals surface area contributed by atoms with Gasteiger partial charge in [-0.05, 0) is 71.1 Å². The average molecular weight is 535 g/mol. The molecule has 2 aromatic carbocycles. The zero-order valence-corrected chi connectivity index (χ0v) is 23.3. The highest BCUT2D eigenvalue weighted by Crippen LogP contribution is 2.37. The summed E-state index contributed by atoms with van der Waals surface area (Å²) < 4.78 is 17.3. The van der Waals surface area contributed by atoms with Crippen LogP contribution in [0.1, 0.15) is 52.2 Å². The van der Waals surface area contributed by atoms with Crippen LogP contribution in [0.3, 0.4) is 0 Å². The lowest BCUT2D eigenvalue weighted by Gasteiger charge is -2.35. The summed E-state index contributed by atoms with van der Waals surface area (Å²) in [4.78, 5) is 41.6. The Kier molecular flexibility index (Phi) is 8.45. The van der Waals surface area contributed by atoms with E-state index in [1.807, 2.05) is 95.3 Å². The summed E-state index contributed by atoms with van der Waals surface area (Å²) >= 11 is 0. The van der Waals surface area contributed by atoms with Crippen LogP contribution in [0.2, 0.25) is 0 Å². The smallest absolute Gasteiger partial charge is 0.417 e. The van der Waals surface area contributed by atoms with Crippen LogP contribution >= 0.6 is 0 Å². The van der Waals surface area contributed by atoms with Crippen LogP contribution in [-0.2, 0) is 31.8 Å². The molecule has 2 aromatic rings. The Balaban J connectivity index is 1.49. The van der Waals surface area contributed by atoms with Crippen molar-refractivity contribution >= 4 is 18.1 Å². The maximum absolute atomic E-state index is 13.3. The summed E-state index contributed by atoms with van der Waals surface area (Å²) in [5, 5.41) is 0. The second-order valence-corrected chi connectivity index (χ2v) is 11.5. The number of benzene rings is 2. The van der Waals surface area contributed by atoms with Gasteiger partial charge in [-0.1, -0.05) is 66.7 Å². The van der Waals surface area contributed by atoms with Crippen LogP contribution in [-0.4, -0.2) is 64.0 Å². The largest absolute Gasteiger partial charge is 0.447 e. The van der Waals surface area contributed by atoms with Crippen molar-refractivity contribution in [3.63, 3.8) is 0 Å². The molecule has 2 aliphatic rings. The standard InChI is InChI=1S/C31H38N2O6/c1-30(2,3)39-29(36)33-25(20-23-15-10-7-11-16-23)26(38-31(33,4)5)17-12-18-27(34)32-24(21-37-28(32)35)19-22-13-8-6-9-14-22/h6-16,18,24-26H,17,19-21H2,1-5H3. The Labute approximate surface area is 230 Å². The molecule has 4 rings (SSSR count). The van der Waals surface area contributed by atoms with Crippen LogP contribution in [0.4, 0.5) is 9.59 Å². The summed E-state index contributed by atoms with van der Waals surface area (Å²) in [6.07, 6.45) is 3.10. The minimum atomic E-state index is -0.913. The number of rotatable bonds is 7. The molecule has 0 bridgehead atoms. The first kappa shape index (κ1) is 28.4. The van der Waals surface area contributed by atoms with Gasteiger partial charge in [-0.25, -0.2) is 14.5 Å². The lowest BCUT2D eigenvalue weighted by Crippen LogP contribution is -2.51. The van der Waals surface area contributed by atoms with Crippen LogP contribution in [0.15, 0.2) is 72.8 Å². The summed E-state index contributed by atoms with van der Waals surface area (Å²) in [5.41, 5.74) is 0.514. The number of carbonyl (C=O) groups is 3. The maximum atomic E-state index is 13.3. The van der Waals surface area contributed by atoms with E-state index in [0.717, 1.165) is 11.1 Å². The number of amides is 3. The Hall–Kier alpha value is -3.65. The third-order valence-corrected chi connectivity index (χ3v) is 6.80. The SMILES string of the molecule is CC(C)(C)OC(=O)N1C(Cc2ccccc2)C(CC=CC(=O)N2C(=O)OCC2Cc2ccccc2)OC1(C)C. The van der Waals surface area contributed by atoms with Crippen molar-refractivity contribution in [3.8, 4) is 0 Å². The van der Waals surface area contributed by atoms with E-state index >= 15 is 0 Å². The molecule has 3 unspecified atom stereocenters. The highest BCUT2D eigenvalue weighted by molar-refractivity contribution is 5.99. The maximum Gasteiger partial charge on any atom is 0.417 e. The predicted octanol–water partition coefficient (Wildman–Crippen LogP) is 5.51. The van der Waals surface area contributed by atoms with Crippen LogP contribution in [0.5, 0.6) is 0 Å². The molecule has 0 aromatic heterocycles. The molecule has 208 valence electrons. The molecular weight excluding hydrogens is 496 g/mol. The monoisotopic (exact) mass is 534 g/mol. The van der Waals surface area contributed by atoms with E-state index in [4.69, 9.17) is 14.2 Å². The fourth-order valence-electron chi connectivity index (χ4n) is 5.17. The molecule has 2 saturated heterocycles. The Morgan fingerprint density at radius 1 is 1.00 bits per heavy atom. The van der Waals surface area contributed by atoms with E-state index in [1.165, 1.54) is 11.0 Å². The van der Waals surface area contributed by atoms with E-state index in [2.05, 4.69) is 0 Å². The molecule has 8 nitrogen and oxygen atoms in total. The van der Waals surface area contributed by atoms with Crippen molar-refractivity contribution in [2.45, 2.75) is 83.4 Å². The Morgan fingerprint density at radius 2 is 1.59 bits per heavy atom. The van der Waals surface area contributed by atoms with E-state index in [9.17, 15) is 14.4 Å². The van der Waals surface area contributed by atoms with Gasteiger partial charge >= 0.3 is 12.2 Å². The second-order valence-electron chi connectivity index (χ2n) is 11.5. The lowest BCUT2D eigenvalue weighted by atomic mass is 9.98. The topological polar surface area (TPSA) is 85.4 Å². The molecule has 2 fully saturated rings. The first-order valence-corrected chi connectivity index (χ1v) is 13.4. The number of imide groups is 1. The number of hydrogen-bond acceptors (Lipinski definition) is 6. The second kappa shape index (κ2) is 11.6. The van der Waals surface area contributed by atoms with E-state index in [1.54, 1.807) is 11.0 Å². The highest BCUT2D eigenvalue weighted by atomic mass is 16.6. The number of carbonyl (C=O) groups excluding carboxylic acids is 3. The molecule has 0 aliphatic carbocycles. The average Bonchev–Trinajstić information content (AvgIpc) is 3.34. The van der Waals surface area contributed by atoms with Gasteiger partial charge in [0.05, 0.1) is 18.2 Å². The minimum absolute atomic E-state index is 0.164. The molecule has 8 heteroatoms. The number of ether oxygens (including phenoxy) is 3. The van der Waals surface area contributed by atoms with Crippen molar-refractivity contribution in [3.05, 3.63) is 83.9 Å². The fraction of sp³-hybridized carbons (Fsp3) is 0.452. The Bertz CT molecular complexity index is 1190. The molecule has 0 radical (unpaired) electrons. The molecule has 39 heavy (non-hydrogen) atoms. The van der Waals surface area contributed by atoms with Gasteiger partial charge in [-0.15, -0.1) is 0 Å². The summed E-state index contributed by atoms with van der Waals surface area (Å²) in [7, 11) is 0. The first-order chi connectivity index (χ1) is 18.4. The lowest BCUT2D eigenvalue weighted by molar-refractivity contribution is -0.124. The molecule has 0 saturated carbocycles. The summed E-state index contributed by atoms with van der Waals surface area (Å²) in [6, 6.07) is 18.9. The van der Waals surface area contributed by atoms with E-state index in [0.29, 0.717) is 19.3 Å². The summed E-state index contributed by atoms with van der Waals surface area (Å²) in [6.45, 7) is 9.36. The molecule has 2 heterocycles. The van der Waals surface area contributed by atoms with Gasteiger partial charge in [0.2, 0.25) is 0 Å². The van der Waals surface area contributed by atoms with Crippen LogP contribution in [0.25, 0.3) is 0 Å². The van der Waals surface area contributed by atoms with Crippen molar-refractivity contribution in [1.29, 1.82) is 0 Å². The molecular formula is C31H38N2O6. The van der Waals surface area contributed by atoms with Crippen LogP contribution < -0.4 is 0 Å². The summed E-state index contributed by atoms with van der Waals surface area (Å²) in [5.74, 6) is -0.431. The van der Waals surface area contributed by atoms with E-state index < -0.39 is 29.4 Å². The molecule has 0 spiro atoms. The van der Waals surface area contributed by atoms with Gasteiger partial charge in [0.15, 0.2) is 0 Å². The molecule has 3 amide bonds. The molecule has 3 atom stereocenters. The number of nitrogens with zero attached hydrogens (tertiary/aromatic N) is 2. The molecule has 0 N–H and O–H groups in total. The Morgan fingerprint density at radius 3 is 2.18 bits per heavy atom. The van der Waals surface area contributed by atoms with Crippen molar-refractivity contribution < 1.29 is 28.6 Å². The quantitative estimate of drug-likeness (QED) is 0.436. The van der Waals surface area contributed by atoms with Gasteiger partial charge in [-0.2, -0.15) is 0 Å². The normalized spacial score (nSPS) is 22.8. The number of cyclic esters (lactones) is 1. The third kappa shape index (κ3) is 7.06. The van der Waals surface area contributed by atoms with Crippen molar-refractivity contribution in [2.24, 2.45) is 0 Å².